The van der Waals surface area contributed by atoms with E-state index in [-0.39, 0.29) is 12.0 Å². The summed E-state index contributed by atoms with van der Waals surface area (Å²) in [5.74, 6) is -1.45. The molecular weight excluding hydrogens is 411 g/mol. The number of halogens is 3. The van der Waals surface area contributed by atoms with Gasteiger partial charge in [0.1, 0.15) is 10.6 Å². The van der Waals surface area contributed by atoms with Crippen LogP contribution in [0.1, 0.15) is 0 Å². The van der Waals surface area contributed by atoms with Gasteiger partial charge in [-0.3, -0.25) is 5.32 Å². The normalized spacial score (nSPS) is 11.5. The van der Waals surface area contributed by atoms with E-state index in [0.717, 1.165) is 24.3 Å². The van der Waals surface area contributed by atoms with E-state index in [1.165, 1.54) is 18.9 Å². The molecule has 1 aromatic heterocycles. The van der Waals surface area contributed by atoms with E-state index in [2.05, 4.69) is 19.7 Å². The molecule has 0 saturated heterocycles. The summed E-state index contributed by atoms with van der Waals surface area (Å²) >= 11 is 0. The lowest BCUT2D eigenvalue weighted by atomic mass is 10.3. The van der Waals surface area contributed by atoms with E-state index in [9.17, 15) is 26.4 Å². The first-order valence-corrected chi connectivity index (χ1v) is 8.55. The van der Waals surface area contributed by atoms with Crippen LogP contribution in [-0.4, -0.2) is 50.0 Å². The van der Waals surface area contributed by atoms with Crippen LogP contribution in [0.15, 0.2) is 29.2 Å². The Morgan fingerprint density at radius 1 is 1.04 bits per heavy atom. The third kappa shape index (κ3) is 5.57. The van der Waals surface area contributed by atoms with E-state index in [1.807, 2.05) is 5.32 Å². The molecule has 1 aromatic carbocycles. The molecule has 0 aliphatic rings. The topological polar surface area (TPSA) is 142 Å². The average Bonchev–Trinajstić information content (AvgIpc) is 2.59. The molecule has 2 rings (SSSR count). The van der Waals surface area contributed by atoms with E-state index < -0.39 is 39.0 Å². The van der Waals surface area contributed by atoms with Crippen LogP contribution in [0, 0.1) is 0 Å². The van der Waals surface area contributed by atoms with E-state index in [4.69, 9.17) is 9.47 Å². The van der Waals surface area contributed by atoms with Gasteiger partial charge in [0.2, 0.25) is 5.95 Å². The predicted octanol–water partition coefficient (Wildman–Crippen LogP) is 1.30. The molecule has 0 bridgehead atoms. The Balaban J connectivity index is 2.22. The van der Waals surface area contributed by atoms with Gasteiger partial charge in [-0.15, -0.1) is 18.2 Å². The Kier molecular flexibility index (Phi) is 6.07. The number of ether oxygens (including phenoxy) is 3. The number of methoxy groups -OCH3 is 2. The van der Waals surface area contributed by atoms with Crippen molar-refractivity contribution in [2.75, 3.05) is 19.5 Å². The van der Waals surface area contributed by atoms with Crippen LogP contribution >= 0.6 is 0 Å². The van der Waals surface area contributed by atoms with Gasteiger partial charge in [0.05, 0.1) is 14.2 Å². The zero-order valence-electron chi connectivity index (χ0n) is 14.1. The third-order valence-corrected chi connectivity index (χ3v) is 4.15. The van der Waals surface area contributed by atoms with Gasteiger partial charge in [-0.1, -0.05) is 12.1 Å². The number of carbonyl (C=O) groups is 1. The molecule has 28 heavy (non-hydrogen) atoms. The van der Waals surface area contributed by atoms with Gasteiger partial charge in [0.25, 0.3) is 10.0 Å². The molecule has 0 aliphatic carbocycles. The number of hydrogen-bond donors (Lipinski definition) is 2. The smallest absolute Gasteiger partial charge is 0.467 e. The molecular formula is C13H12F3N5O6S. The molecule has 0 atom stereocenters. The molecule has 2 N–H and O–H groups in total. The van der Waals surface area contributed by atoms with Crippen LogP contribution in [0.3, 0.4) is 0 Å². The molecule has 2 amide bonds. The van der Waals surface area contributed by atoms with Gasteiger partial charge in [0.15, 0.2) is 0 Å². The van der Waals surface area contributed by atoms with E-state index >= 15 is 0 Å². The summed E-state index contributed by atoms with van der Waals surface area (Å²) in [6.07, 6.45) is -5.13. The predicted molar refractivity (Wildman–Crippen MR) is 85.4 cm³/mol. The number of urea groups is 1. The molecule has 0 saturated carbocycles. The highest BCUT2D eigenvalue weighted by molar-refractivity contribution is 7.90. The van der Waals surface area contributed by atoms with Crippen LogP contribution in [0.4, 0.5) is 23.9 Å². The molecule has 1 heterocycles. The first-order valence-electron chi connectivity index (χ1n) is 7.06. The highest BCUT2D eigenvalue weighted by Crippen LogP contribution is 2.29. The van der Waals surface area contributed by atoms with Crippen LogP contribution in [-0.2, 0) is 10.0 Å². The molecule has 0 fully saturated rings. The quantitative estimate of drug-likeness (QED) is 0.703. The van der Waals surface area contributed by atoms with Crippen molar-refractivity contribution in [2.24, 2.45) is 0 Å². The summed E-state index contributed by atoms with van der Waals surface area (Å²) in [7, 11) is -2.29. The second kappa shape index (κ2) is 8.12. The highest BCUT2D eigenvalue weighted by Gasteiger charge is 2.34. The van der Waals surface area contributed by atoms with Gasteiger partial charge < -0.3 is 14.2 Å². The number of carbonyl (C=O) groups excluding carboxylic acids is 1. The molecule has 152 valence electrons. The Hall–Kier alpha value is -3.36. The number of aromatic nitrogens is 3. The minimum Gasteiger partial charge on any atom is -0.467 e. The Morgan fingerprint density at radius 3 is 2.14 bits per heavy atom. The summed E-state index contributed by atoms with van der Waals surface area (Å²) in [6.45, 7) is 0. The second-order valence-corrected chi connectivity index (χ2v) is 6.34. The number of rotatable bonds is 6. The van der Waals surface area contributed by atoms with E-state index in [1.54, 1.807) is 0 Å². The van der Waals surface area contributed by atoms with Crippen molar-refractivity contribution in [1.29, 1.82) is 0 Å². The Labute approximate surface area is 155 Å². The maximum absolute atomic E-state index is 12.4. The Bertz CT molecular complexity index is 947. The zero-order chi connectivity index (χ0) is 20.9. The molecule has 0 spiro atoms. The van der Waals surface area contributed by atoms with Gasteiger partial charge in [0, 0.05) is 0 Å². The first-order chi connectivity index (χ1) is 13.0. The standard InChI is InChI=1S/C13H12F3N5O6S/c1-25-11-18-9(19-12(20-11)26-2)17-10(22)21-28(23,24)8-6-4-3-5-7(8)27-13(14,15)16/h3-6H,1-2H3,(H2,17,18,19,20,21,22). The number of hydrogen-bond acceptors (Lipinski definition) is 9. The maximum Gasteiger partial charge on any atom is 0.573 e. The minimum atomic E-state index is -5.13. The molecule has 2 aromatic rings. The lowest BCUT2D eigenvalue weighted by Gasteiger charge is -2.14. The largest absolute Gasteiger partial charge is 0.573 e. The van der Waals surface area contributed by atoms with Crippen molar-refractivity contribution >= 4 is 22.0 Å². The van der Waals surface area contributed by atoms with Gasteiger partial charge in [-0.2, -0.15) is 9.97 Å². The van der Waals surface area contributed by atoms with Crippen molar-refractivity contribution in [3.8, 4) is 17.8 Å². The summed E-state index contributed by atoms with van der Waals surface area (Å²) in [6, 6.07) is 2.04. The van der Waals surface area contributed by atoms with Gasteiger partial charge in [-0.05, 0) is 12.1 Å². The molecule has 0 aliphatic heterocycles. The highest BCUT2D eigenvalue weighted by atomic mass is 32.2. The van der Waals surface area contributed by atoms with E-state index in [0.29, 0.717) is 0 Å². The lowest BCUT2D eigenvalue weighted by Crippen LogP contribution is -2.35. The number of para-hydroxylation sites is 1. The van der Waals surface area contributed by atoms with Crippen molar-refractivity contribution in [2.45, 2.75) is 11.3 Å². The number of anilines is 1. The number of amides is 2. The fourth-order valence-electron chi connectivity index (χ4n) is 1.76. The second-order valence-electron chi connectivity index (χ2n) is 4.69. The fraction of sp³-hybridized carbons (Fsp3) is 0.231. The SMILES string of the molecule is COc1nc(NC(=O)NS(=O)(=O)c2ccccc2OC(F)(F)F)nc(OC)n1. The average molecular weight is 423 g/mol. The monoisotopic (exact) mass is 423 g/mol. The molecule has 0 unspecified atom stereocenters. The van der Waals surface area contributed by atoms with Crippen LogP contribution in [0.5, 0.6) is 17.8 Å². The number of nitrogens with zero attached hydrogens (tertiary/aromatic N) is 3. The number of alkyl halides is 3. The number of benzene rings is 1. The van der Waals surface area contributed by atoms with Gasteiger partial charge >= 0.3 is 24.4 Å². The lowest BCUT2D eigenvalue weighted by molar-refractivity contribution is -0.275. The van der Waals surface area contributed by atoms with Crippen molar-refractivity contribution in [1.82, 2.24) is 19.7 Å². The molecule has 15 heteroatoms. The number of sulfonamides is 1. The van der Waals surface area contributed by atoms with Crippen LogP contribution < -0.4 is 24.2 Å². The summed E-state index contributed by atoms with van der Waals surface area (Å²) in [5.41, 5.74) is 0. The molecule has 0 radical (unpaired) electrons. The number of nitrogens with one attached hydrogen (secondary N) is 2. The summed E-state index contributed by atoms with van der Waals surface area (Å²) in [4.78, 5) is 22.0. The van der Waals surface area contributed by atoms with Crippen LogP contribution in [0.25, 0.3) is 0 Å². The van der Waals surface area contributed by atoms with Gasteiger partial charge in [-0.25, -0.2) is 17.9 Å². The maximum atomic E-state index is 12.4. The first kappa shape index (κ1) is 20.9. The summed E-state index contributed by atoms with van der Waals surface area (Å²) in [5, 5.41) is 1.97. The van der Waals surface area contributed by atoms with Crippen molar-refractivity contribution in [3.63, 3.8) is 0 Å². The van der Waals surface area contributed by atoms with Crippen molar-refractivity contribution in [3.05, 3.63) is 24.3 Å². The summed E-state index contributed by atoms with van der Waals surface area (Å²) < 4.78 is 76.5. The van der Waals surface area contributed by atoms with Crippen molar-refractivity contribution < 1.29 is 40.6 Å². The Morgan fingerprint density at radius 2 is 1.61 bits per heavy atom. The third-order valence-electron chi connectivity index (χ3n) is 2.78. The molecule has 11 nitrogen and oxygen atoms in total. The fourth-order valence-corrected chi connectivity index (χ4v) is 2.80. The van der Waals surface area contributed by atoms with Crippen LogP contribution in [0.2, 0.25) is 0 Å². The minimum absolute atomic E-state index is 0.242. The zero-order valence-corrected chi connectivity index (χ0v) is 15.0.